The van der Waals surface area contributed by atoms with Gasteiger partial charge in [0.15, 0.2) is 5.17 Å². The number of nitrogens with zero attached hydrogens (tertiary/aromatic N) is 3. The average molecular weight is 435 g/mol. The molecule has 0 saturated carbocycles. The van der Waals surface area contributed by atoms with Crippen LogP contribution in [0.5, 0.6) is 0 Å². The molecule has 0 N–H and O–H groups in total. The number of thioether (sulfide) groups is 1. The molecular weight excluding hydrogens is 415 g/mol. The lowest BCUT2D eigenvalue weighted by Crippen LogP contribution is -2.38. The molecule has 1 fully saturated rings. The van der Waals surface area contributed by atoms with Crippen LogP contribution in [-0.2, 0) is 15.7 Å². The molecule has 1 aromatic heterocycles. The Hall–Kier alpha value is -2.52. The summed E-state index contributed by atoms with van der Waals surface area (Å²) < 4.78 is 46.4. The van der Waals surface area contributed by atoms with Crippen molar-refractivity contribution in [2.24, 2.45) is 4.99 Å². The Morgan fingerprint density at radius 2 is 1.90 bits per heavy atom. The van der Waals surface area contributed by atoms with E-state index in [4.69, 9.17) is 4.74 Å². The number of carbonyl (C=O) groups is 1. The Morgan fingerprint density at radius 3 is 2.60 bits per heavy atom. The zero-order chi connectivity index (χ0) is 21.5. The fraction of sp³-hybridized carbons (Fsp3) is 0.333. The molecule has 9 heteroatoms. The highest BCUT2D eigenvalue weighted by atomic mass is 32.2. The molecule has 3 heterocycles. The molecule has 0 atom stereocenters. The van der Waals surface area contributed by atoms with Gasteiger partial charge in [-0.25, -0.2) is 0 Å². The molecule has 1 saturated heterocycles. The number of aromatic nitrogens is 1. The second kappa shape index (κ2) is 7.96. The lowest BCUT2D eigenvalue weighted by atomic mass is 10.2. The number of benzene rings is 1. The number of amidine groups is 1. The predicted octanol–water partition coefficient (Wildman–Crippen LogP) is 4.42. The number of aryl methyl sites for hydroxylation is 1. The molecule has 5 nitrogen and oxygen atoms in total. The van der Waals surface area contributed by atoms with Crippen molar-refractivity contribution in [3.05, 3.63) is 57.8 Å². The van der Waals surface area contributed by atoms with Crippen molar-refractivity contribution in [1.29, 1.82) is 0 Å². The van der Waals surface area contributed by atoms with Crippen molar-refractivity contribution in [1.82, 2.24) is 9.47 Å². The maximum atomic E-state index is 13.1. The van der Waals surface area contributed by atoms with Crippen LogP contribution >= 0.6 is 11.8 Å². The largest absolute Gasteiger partial charge is 0.416 e. The van der Waals surface area contributed by atoms with E-state index in [0.29, 0.717) is 42.1 Å². The Bertz CT molecular complexity index is 1050. The molecule has 2 aliphatic rings. The number of alkyl halides is 3. The van der Waals surface area contributed by atoms with Crippen LogP contribution in [0.4, 0.5) is 13.2 Å². The molecule has 2 aromatic rings. The minimum Gasteiger partial charge on any atom is -0.378 e. The first-order chi connectivity index (χ1) is 14.2. The third-order valence-electron chi connectivity index (χ3n) is 5.08. The van der Waals surface area contributed by atoms with Crippen LogP contribution in [0.2, 0.25) is 0 Å². The van der Waals surface area contributed by atoms with Crippen molar-refractivity contribution in [2.45, 2.75) is 20.0 Å². The van der Waals surface area contributed by atoms with Gasteiger partial charge in [0.05, 0.1) is 23.7 Å². The van der Waals surface area contributed by atoms with E-state index in [2.05, 4.69) is 4.99 Å². The normalized spacial score (nSPS) is 19.0. The van der Waals surface area contributed by atoms with Crippen LogP contribution in [-0.4, -0.2) is 46.8 Å². The minimum absolute atomic E-state index is 0.301. The van der Waals surface area contributed by atoms with Gasteiger partial charge in [-0.05, 0) is 61.5 Å². The van der Waals surface area contributed by atoms with E-state index in [-0.39, 0.29) is 5.91 Å². The van der Waals surface area contributed by atoms with Crippen LogP contribution in [0.3, 0.4) is 0 Å². The van der Waals surface area contributed by atoms with Gasteiger partial charge in [-0.3, -0.25) is 4.79 Å². The summed E-state index contributed by atoms with van der Waals surface area (Å²) >= 11 is 1.32. The summed E-state index contributed by atoms with van der Waals surface area (Å²) in [6.07, 6.45) is -2.65. The van der Waals surface area contributed by atoms with Gasteiger partial charge in [0.2, 0.25) is 0 Å². The minimum atomic E-state index is -4.41. The quantitative estimate of drug-likeness (QED) is 0.656. The van der Waals surface area contributed by atoms with Crippen LogP contribution in [0.25, 0.3) is 11.8 Å². The molecule has 2 aliphatic heterocycles. The lowest BCUT2D eigenvalue weighted by molar-refractivity contribution is -0.137. The van der Waals surface area contributed by atoms with Gasteiger partial charge in [-0.1, -0.05) is 6.07 Å². The number of hydrogen-bond acceptors (Lipinski definition) is 4. The van der Waals surface area contributed by atoms with E-state index in [9.17, 15) is 18.0 Å². The van der Waals surface area contributed by atoms with E-state index in [1.54, 1.807) is 16.7 Å². The fourth-order valence-electron chi connectivity index (χ4n) is 3.58. The Labute approximate surface area is 176 Å². The molecule has 0 spiro atoms. The van der Waals surface area contributed by atoms with Gasteiger partial charge in [-0.15, -0.1) is 0 Å². The summed E-state index contributed by atoms with van der Waals surface area (Å²) in [5.74, 6) is -0.301. The number of morpholine rings is 1. The average Bonchev–Trinajstić information content (AvgIpc) is 3.21. The number of carbonyl (C=O) groups excluding carboxylic acids is 1. The van der Waals surface area contributed by atoms with E-state index in [1.165, 1.54) is 17.8 Å². The maximum Gasteiger partial charge on any atom is 0.416 e. The van der Waals surface area contributed by atoms with Crippen molar-refractivity contribution in [3.8, 4) is 5.69 Å². The van der Waals surface area contributed by atoms with E-state index < -0.39 is 11.7 Å². The van der Waals surface area contributed by atoms with Crippen molar-refractivity contribution in [3.63, 3.8) is 0 Å². The molecule has 0 aliphatic carbocycles. The van der Waals surface area contributed by atoms with Gasteiger partial charge >= 0.3 is 6.18 Å². The van der Waals surface area contributed by atoms with Crippen LogP contribution < -0.4 is 0 Å². The van der Waals surface area contributed by atoms with Gasteiger partial charge in [-0.2, -0.15) is 18.2 Å². The van der Waals surface area contributed by atoms with Gasteiger partial charge in [0, 0.05) is 30.2 Å². The topological polar surface area (TPSA) is 46.8 Å². The number of halogens is 3. The third kappa shape index (κ3) is 4.04. The van der Waals surface area contributed by atoms with Crippen molar-refractivity contribution in [2.75, 3.05) is 26.3 Å². The molecule has 0 bridgehead atoms. The molecule has 4 rings (SSSR count). The molecule has 1 aromatic carbocycles. The molecule has 30 heavy (non-hydrogen) atoms. The lowest BCUT2D eigenvalue weighted by Gasteiger charge is -2.27. The van der Waals surface area contributed by atoms with Crippen molar-refractivity contribution >= 4 is 28.9 Å². The number of amides is 1. The van der Waals surface area contributed by atoms with Gasteiger partial charge < -0.3 is 14.2 Å². The Balaban J connectivity index is 1.63. The summed E-state index contributed by atoms with van der Waals surface area (Å²) in [5.41, 5.74) is 2.05. The summed E-state index contributed by atoms with van der Waals surface area (Å²) in [5, 5.41) is 0.668. The monoisotopic (exact) mass is 435 g/mol. The standard InChI is InChI=1S/C21H20F3N3O2S/c1-13-10-15(11-18-19(28)25-20(30-18)26-6-8-29-9-7-26)14(2)27(13)17-5-3-4-16(12-17)21(22,23)24/h3-5,10-12H,6-9H2,1-2H3. The summed E-state index contributed by atoms with van der Waals surface area (Å²) in [7, 11) is 0. The Kier molecular flexibility index (Phi) is 5.50. The zero-order valence-electron chi connectivity index (χ0n) is 16.5. The second-order valence-electron chi connectivity index (χ2n) is 7.12. The highest BCUT2D eigenvalue weighted by Crippen LogP contribution is 2.34. The number of aliphatic imine (C=N–C) groups is 1. The first-order valence-corrected chi connectivity index (χ1v) is 10.3. The van der Waals surface area contributed by atoms with E-state index in [0.717, 1.165) is 29.1 Å². The summed E-state index contributed by atoms with van der Waals surface area (Å²) in [6, 6.07) is 7.09. The highest BCUT2D eigenvalue weighted by Gasteiger charge is 2.31. The smallest absolute Gasteiger partial charge is 0.378 e. The molecular formula is C21H20F3N3O2S. The van der Waals surface area contributed by atoms with Crippen molar-refractivity contribution < 1.29 is 22.7 Å². The van der Waals surface area contributed by atoms with Crippen LogP contribution in [0.15, 0.2) is 40.2 Å². The molecule has 158 valence electrons. The number of ether oxygens (including phenoxy) is 1. The second-order valence-corrected chi connectivity index (χ2v) is 8.13. The molecule has 0 unspecified atom stereocenters. The SMILES string of the molecule is Cc1cc(C=C2SC(N3CCOCC3)=NC2=O)c(C)n1-c1cccc(C(F)(F)F)c1. The summed E-state index contributed by atoms with van der Waals surface area (Å²) in [6.45, 7) is 6.24. The zero-order valence-corrected chi connectivity index (χ0v) is 17.3. The van der Waals surface area contributed by atoms with Crippen LogP contribution in [0.1, 0.15) is 22.5 Å². The van der Waals surface area contributed by atoms with E-state index in [1.807, 2.05) is 24.8 Å². The number of hydrogen-bond donors (Lipinski definition) is 0. The summed E-state index contributed by atoms with van der Waals surface area (Å²) in [4.78, 5) is 19.1. The van der Waals surface area contributed by atoms with Gasteiger partial charge in [0.25, 0.3) is 5.91 Å². The molecule has 0 radical (unpaired) electrons. The molecule has 1 amide bonds. The van der Waals surface area contributed by atoms with Crippen LogP contribution in [0, 0.1) is 13.8 Å². The first kappa shape index (κ1) is 20.7. The third-order valence-corrected chi connectivity index (χ3v) is 6.12. The Morgan fingerprint density at radius 1 is 1.17 bits per heavy atom. The predicted molar refractivity (Wildman–Crippen MR) is 111 cm³/mol. The maximum absolute atomic E-state index is 13.1. The van der Waals surface area contributed by atoms with Gasteiger partial charge in [0.1, 0.15) is 0 Å². The first-order valence-electron chi connectivity index (χ1n) is 9.46. The van der Waals surface area contributed by atoms with E-state index >= 15 is 0 Å². The number of rotatable bonds is 2. The highest BCUT2D eigenvalue weighted by molar-refractivity contribution is 8.18. The fourth-order valence-corrected chi connectivity index (χ4v) is 4.54.